The molecule has 1 N–H and O–H groups in total. The van der Waals surface area contributed by atoms with E-state index in [2.05, 4.69) is 32.5 Å². The lowest BCUT2D eigenvalue weighted by molar-refractivity contribution is 0.0340. The van der Waals surface area contributed by atoms with Gasteiger partial charge in [0, 0.05) is 42.9 Å². The van der Waals surface area contributed by atoms with Crippen molar-refractivity contribution >= 4 is 5.91 Å². The van der Waals surface area contributed by atoms with Gasteiger partial charge in [-0.25, -0.2) is 0 Å². The minimum atomic E-state index is -0.122. The standard InChI is InChI=1S/C28H28N4O3/c1-20-6-8-22(9-7-20)27-30-31-28(35-27)23-12-10-21(11-13-23)26(33)29-18-24-4-2-3-5-25(24)19-32-14-16-34-17-15-32/h2-13H,14-19H2,1H3,(H,29,33). The van der Waals surface area contributed by atoms with E-state index in [-0.39, 0.29) is 5.91 Å². The lowest BCUT2D eigenvalue weighted by atomic mass is 10.1. The van der Waals surface area contributed by atoms with E-state index in [4.69, 9.17) is 9.15 Å². The van der Waals surface area contributed by atoms with Crippen LogP contribution in [0.2, 0.25) is 0 Å². The molecule has 1 fully saturated rings. The number of hydrogen-bond acceptors (Lipinski definition) is 6. The van der Waals surface area contributed by atoms with Crippen molar-refractivity contribution < 1.29 is 13.9 Å². The average Bonchev–Trinajstić information content (AvgIpc) is 3.39. The number of aromatic nitrogens is 2. The van der Waals surface area contributed by atoms with E-state index in [1.165, 1.54) is 11.1 Å². The maximum Gasteiger partial charge on any atom is 0.251 e. The van der Waals surface area contributed by atoms with Gasteiger partial charge in [0.1, 0.15) is 0 Å². The van der Waals surface area contributed by atoms with Crippen LogP contribution >= 0.6 is 0 Å². The number of rotatable bonds is 7. The minimum Gasteiger partial charge on any atom is -0.416 e. The van der Waals surface area contributed by atoms with Gasteiger partial charge >= 0.3 is 0 Å². The van der Waals surface area contributed by atoms with E-state index in [0.29, 0.717) is 23.9 Å². The molecule has 5 rings (SSSR count). The zero-order valence-electron chi connectivity index (χ0n) is 19.7. The summed E-state index contributed by atoms with van der Waals surface area (Å²) in [6.45, 7) is 6.77. The van der Waals surface area contributed by atoms with Crippen molar-refractivity contribution in [2.45, 2.75) is 20.0 Å². The van der Waals surface area contributed by atoms with Gasteiger partial charge < -0.3 is 14.5 Å². The Morgan fingerprint density at radius 3 is 2.11 bits per heavy atom. The molecule has 0 saturated carbocycles. The summed E-state index contributed by atoms with van der Waals surface area (Å²) in [7, 11) is 0. The molecule has 0 aliphatic carbocycles. The van der Waals surface area contributed by atoms with E-state index in [1.54, 1.807) is 12.1 Å². The Hall–Kier alpha value is -3.81. The number of hydrogen-bond donors (Lipinski definition) is 1. The highest BCUT2D eigenvalue weighted by Crippen LogP contribution is 2.24. The van der Waals surface area contributed by atoms with Gasteiger partial charge in [0.2, 0.25) is 11.8 Å². The highest BCUT2D eigenvalue weighted by Gasteiger charge is 2.14. The number of benzene rings is 3. The van der Waals surface area contributed by atoms with Crippen LogP contribution in [0.15, 0.2) is 77.2 Å². The summed E-state index contributed by atoms with van der Waals surface area (Å²) in [5, 5.41) is 11.4. The van der Waals surface area contributed by atoms with Gasteiger partial charge in [0.15, 0.2) is 0 Å². The summed E-state index contributed by atoms with van der Waals surface area (Å²) in [6.07, 6.45) is 0. The second kappa shape index (κ2) is 10.6. The first-order chi connectivity index (χ1) is 17.2. The lowest BCUT2D eigenvalue weighted by Crippen LogP contribution is -2.36. The highest BCUT2D eigenvalue weighted by atomic mass is 16.5. The molecule has 0 unspecified atom stereocenters. The molecule has 0 bridgehead atoms. The molecule has 35 heavy (non-hydrogen) atoms. The molecule has 7 nitrogen and oxygen atoms in total. The van der Waals surface area contributed by atoms with E-state index in [9.17, 15) is 4.79 Å². The van der Waals surface area contributed by atoms with Crippen LogP contribution in [0.4, 0.5) is 0 Å². The maximum absolute atomic E-state index is 12.8. The fourth-order valence-corrected chi connectivity index (χ4v) is 4.08. The summed E-state index contributed by atoms with van der Waals surface area (Å²) in [5.41, 5.74) is 5.74. The third kappa shape index (κ3) is 5.65. The summed E-state index contributed by atoms with van der Waals surface area (Å²) in [4.78, 5) is 15.2. The Kier molecular flexibility index (Phi) is 6.97. The predicted molar refractivity (Wildman–Crippen MR) is 134 cm³/mol. The van der Waals surface area contributed by atoms with Gasteiger partial charge in [0.05, 0.1) is 13.2 Å². The molecule has 3 aromatic carbocycles. The Bertz CT molecular complexity index is 1280. The molecule has 1 aliphatic rings. The van der Waals surface area contributed by atoms with Gasteiger partial charge in [-0.05, 0) is 54.4 Å². The number of carbonyl (C=O) groups is 1. The molecule has 1 amide bonds. The normalized spacial score (nSPS) is 14.1. The predicted octanol–water partition coefficient (Wildman–Crippen LogP) is 4.47. The molecular formula is C28H28N4O3. The number of nitrogens with one attached hydrogen (secondary N) is 1. The first-order valence-corrected chi connectivity index (χ1v) is 11.8. The zero-order valence-corrected chi connectivity index (χ0v) is 19.7. The quantitative estimate of drug-likeness (QED) is 0.431. The molecule has 4 aromatic rings. The molecule has 1 saturated heterocycles. The molecule has 2 heterocycles. The summed E-state index contributed by atoms with van der Waals surface area (Å²) < 4.78 is 11.3. The number of carbonyl (C=O) groups excluding carboxylic acids is 1. The molecule has 0 atom stereocenters. The number of nitrogens with zero attached hydrogens (tertiary/aromatic N) is 3. The number of morpholine rings is 1. The summed E-state index contributed by atoms with van der Waals surface area (Å²) in [5.74, 6) is 0.769. The van der Waals surface area contributed by atoms with Crippen molar-refractivity contribution in [3.05, 3.63) is 95.1 Å². The van der Waals surface area contributed by atoms with Crippen LogP contribution in [0.3, 0.4) is 0 Å². The van der Waals surface area contributed by atoms with Gasteiger partial charge in [-0.15, -0.1) is 10.2 Å². The Morgan fingerprint density at radius 1 is 0.857 bits per heavy atom. The van der Waals surface area contributed by atoms with Crippen molar-refractivity contribution in [3.8, 4) is 22.9 Å². The van der Waals surface area contributed by atoms with Gasteiger partial charge in [0.25, 0.3) is 5.91 Å². The average molecular weight is 469 g/mol. The van der Waals surface area contributed by atoms with Crippen LogP contribution < -0.4 is 5.32 Å². The fourth-order valence-electron chi connectivity index (χ4n) is 4.08. The maximum atomic E-state index is 12.8. The van der Waals surface area contributed by atoms with Gasteiger partial charge in [-0.1, -0.05) is 42.0 Å². The molecular weight excluding hydrogens is 440 g/mol. The van der Waals surface area contributed by atoms with Gasteiger partial charge in [-0.2, -0.15) is 0 Å². The van der Waals surface area contributed by atoms with Crippen molar-refractivity contribution in [2.24, 2.45) is 0 Å². The number of amides is 1. The SMILES string of the molecule is Cc1ccc(-c2nnc(-c3ccc(C(=O)NCc4ccccc4CN4CCOCC4)cc3)o2)cc1. The van der Waals surface area contributed by atoms with Crippen LogP contribution in [-0.2, 0) is 17.8 Å². The first kappa shape index (κ1) is 23.0. The topological polar surface area (TPSA) is 80.5 Å². The van der Waals surface area contributed by atoms with Gasteiger partial charge in [-0.3, -0.25) is 9.69 Å². The molecule has 1 aliphatic heterocycles. The minimum absolute atomic E-state index is 0.122. The molecule has 0 spiro atoms. The van der Waals surface area contributed by atoms with E-state index in [0.717, 1.165) is 49.5 Å². The second-order valence-corrected chi connectivity index (χ2v) is 8.70. The third-order valence-corrected chi connectivity index (χ3v) is 6.17. The number of aryl methyl sites for hydroxylation is 1. The number of ether oxygens (including phenoxy) is 1. The molecule has 178 valence electrons. The monoisotopic (exact) mass is 468 g/mol. The highest BCUT2D eigenvalue weighted by molar-refractivity contribution is 5.94. The van der Waals surface area contributed by atoms with Crippen molar-refractivity contribution in [1.29, 1.82) is 0 Å². The van der Waals surface area contributed by atoms with E-state index < -0.39 is 0 Å². The van der Waals surface area contributed by atoms with E-state index >= 15 is 0 Å². The molecule has 7 heteroatoms. The Labute approximate surface area is 204 Å². The van der Waals surface area contributed by atoms with E-state index in [1.807, 2.05) is 55.5 Å². The van der Waals surface area contributed by atoms with Crippen LogP contribution in [0.5, 0.6) is 0 Å². The Balaban J connectivity index is 1.21. The summed E-state index contributed by atoms with van der Waals surface area (Å²) in [6, 6.07) is 23.4. The summed E-state index contributed by atoms with van der Waals surface area (Å²) >= 11 is 0. The lowest BCUT2D eigenvalue weighted by Gasteiger charge is -2.27. The van der Waals surface area contributed by atoms with Crippen LogP contribution in [0.1, 0.15) is 27.0 Å². The fraction of sp³-hybridized carbons (Fsp3) is 0.250. The van der Waals surface area contributed by atoms with Crippen molar-refractivity contribution in [2.75, 3.05) is 26.3 Å². The third-order valence-electron chi connectivity index (χ3n) is 6.17. The van der Waals surface area contributed by atoms with Crippen molar-refractivity contribution in [1.82, 2.24) is 20.4 Å². The molecule has 1 aromatic heterocycles. The van der Waals surface area contributed by atoms with Crippen molar-refractivity contribution in [3.63, 3.8) is 0 Å². The first-order valence-electron chi connectivity index (χ1n) is 11.8. The second-order valence-electron chi connectivity index (χ2n) is 8.70. The zero-order chi connectivity index (χ0) is 24.0. The largest absolute Gasteiger partial charge is 0.416 e. The van der Waals surface area contributed by atoms with Crippen LogP contribution in [0, 0.1) is 6.92 Å². The van der Waals surface area contributed by atoms with Crippen LogP contribution in [-0.4, -0.2) is 47.3 Å². The molecule has 0 radical (unpaired) electrons. The Morgan fingerprint density at radius 2 is 1.46 bits per heavy atom. The van der Waals surface area contributed by atoms with Crippen LogP contribution in [0.25, 0.3) is 22.9 Å². The smallest absolute Gasteiger partial charge is 0.251 e.